The third kappa shape index (κ3) is 1.79. The number of alkyl halides is 1. The van der Waals surface area contributed by atoms with E-state index in [-0.39, 0.29) is 0 Å². The fourth-order valence-electron chi connectivity index (χ4n) is 0.559. The lowest BCUT2D eigenvalue weighted by molar-refractivity contribution is 1.13. The molecule has 1 heterocycles. The van der Waals surface area contributed by atoms with Gasteiger partial charge in [0, 0.05) is 10.7 Å². The first-order chi connectivity index (χ1) is 4.86. The van der Waals surface area contributed by atoms with Crippen molar-refractivity contribution in [2.24, 2.45) is 0 Å². The summed E-state index contributed by atoms with van der Waals surface area (Å²) in [4.78, 5) is 4.17. The van der Waals surface area contributed by atoms with E-state index in [1.54, 1.807) is 0 Å². The van der Waals surface area contributed by atoms with Crippen molar-refractivity contribution in [3.63, 3.8) is 0 Å². The standard InChI is InChI=1S/C6H5BrN2S/c7-3-5-4-10-6(9-5)1-2-8/h4H,1,3H2. The third-order valence-electron chi connectivity index (χ3n) is 0.967. The van der Waals surface area contributed by atoms with Crippen LogP contribution in [0.1, 0.15) is 10.7 Å². The van der Waals surface area contributed by atoms with Crippen molar-refractivity contribution < 1.29 is 0 Å². The van der Waals surface area contributed by atoms with Gasteiger partial charge in [-0.15, -0.1) is 11.3 Å². The normalized spacial score (nSPS) is 9.20. The average molecular weight is 217 g/mol. The van der Waals surface area contributed by atoms with Crippen LogP contribution in [0.3, 0.4) is 0 Å². The van der Waals surface area contributed by atoms with Crippen LogP contribution in [0.5, 0.6) is 0 Å². The number of thiazole rings is 1. The summed E-state index contributed by atoms with van der Waals surface area (Å²) in [6.45, 7) is 0. The second kappa shape index (κ2) is 3.69. The number of rotatable bonds is 2. The highest BCUT2D eigenvalue weighted by Gasteiger charge is 1.98. The maximum atomic E-state index is 8.31. The molecule has 0 amide bonds. The van der Waals surface area contributed by atoms with Gasteiger partial charge in [0.05, 0.1) is 18.2 Å². The first kappa shape index (κ1) is 7.70. The lowest BCUT2D eigenvalue weighted by Gasteiger charge is -1.81. The summed E-state index contributed by atoms with van der Waals surface area (Å²) in [5.41, 5.74) is 1.01. The number of halogens is 1. The monoisotopic (exact) mass is 216 g/mol. The maximum Gasteiger partial charge on any atom is 0.107 e. The predicted octanol–water partition coefficient (Wildman–Crippen LogP) is 2.10. The van der Waals surface area contributed by atoms with Crippen molar-refractivity contribution in [3.05, 3.63) is 16.1 Å². The molecule has 0 aliphatic rings. The number of aromatic nitrogens is 1. The molecule has 0 fully saturated rings. The average Bonchev–Trinajstić information content (AvgIpc) is 2.37. The van der Waals surface area contributed by atoms with Crippen LogP contribution in [-0.2, 0) is 11.8 Å². The number of hydrogen-bond donors (Lipinski definition) is 0. The van der Waals surface area contributed by atoms with Gasteiger partial charge in [-0.25, -0.2) is 4.98 Å². The summed E-state index contributed by atoms with van der Waals surface area (Å²) in [6, 6.07) is 2.05. The van der Waals surface area contributed by atoms with E-state index in [4.69, 9.17) is 5.26 Å². The largest absolute Gasteiger partial charge is 0.244 e. The molecular weight excluding hydrogens is 212 g/mol. The van der Waals surface area contributed by atoms with Gasteiger partial charge >= 0.3 is 0 Å². The Balaban J connectivity index is 2.70. The number of nitriles is 1. The van der Waals surface area contributed by atoms with Gasteiger partial charge in [0.15, 0.2) is 0 Å². The van der Waals surface area contributed by atoms with Crippen molar-refractivity contribution >= 4 is 27.3 Å². The minimum atomic E-state index is 0.428. The Labute approximate surface area is 71.6 Å². The summed E-state index contributed by atoms with van der Waals surface area (Å²) in [6.07, 6.45) is 0.428. The van der Waals surface area contributed by atoms with Crippen LogP contribution in [0, 0.1) is 11.3 Å². The molecule has 4 heteroatoms. The number of hydrogen-bond acceptors (Lipinski definition) is 3. The van der Waals surface area contributed by atoms with E-state index in [0.717, 1.165) is 16.0 Å². The molecule has 2 nitrogen and oxygen atoms in total. The van der Waals surface area contributed by atoms with E-state index in [2.05, 4.69) is 27.0 Å². The van der Waals surface area contributed by atoms with Crippen LogP contribution in [0.25, 0.3) is 0 Å². The summed E-state index contributed by atoms with van der Waals surface area (Å²) in [5, 5.41) is 11.9. The molecule has 1 aromatic heterocycles. The fourth-order valence-corrected chi connectivity index (χ4v) is 1.79. The number of nitrogens with zero attached hydrogens (tertiary/aromatic N) is 2. The van der Waals surface area contributed by atoms with Gasteiger partial charge in [-0.3, -0.25) is 0 Å². The van der Waals surface area contributed by atoms with E-state index in [0.29, 0.717) is 6.42 Å². The Hall–Kier alpha value is -0.400. The van der Waals surface area contributed by atoms with Gasteiger partial charge in [0.25, 0.3) is 0 Å². The molecule has 1 aromatic rings. The zero-order chi connectivity index (χ0) is 7.40. The second-order valence-electron chi connectivity index (χ2n) is 1.70. The van der Waals surface area contributed by atoms with Crippen molar-refractivity contribution in [2.75, 3.05) is 0 Å². The van der Waals surface area contributed by atoms with Gasteiger partial charge in [-0.1, -0.05) is 15.9 Å². The molecule has 0 saturated carbocycles. The molecule has 0 aliphatic carbocycles. The predicted molar refractivity (Wildman–Crippen MR) is 44.1 cm³/mol. The highest BCUT2D eigenvalue weighted by molar-refractivity contribution is 9.08. The molecule has 0 bridgehead atoms. The minimum absolute atomic E-state index is 0.428. The van der Waals surface area contributed by atoms with Crippen LogP contribution in [0.2, 0.25) is 0 Å². The van der Waals surface area contributed by atoms with E-state index in [9.17, 15) is 0 Å². The summed E-state index contributed by atoms with van der Waals surface area (Å²) < 4.78 is 0. The van der Waals surface area contributed by atoms with Crippen molar-refractivity contribution in [3.8, 4) is 6.07 Å². The van der Waals surface area contributed by atoms with Crippen LogP contribution >= 0.6 is 27.3 Å². The fraction of sp³-hybridized carbons (Fsp3) is 0.333. The molecule has 0 atom stereocenters. The molecule has 0 aromatic carbocycles. The summed E-state index contributed by atoms with van der Waals surface area (Å²) in [7, 11) is 0. The Morgan fingerprint density at radius 1 is 1.80 bits per heavy atom. The van der Waals surface area contributed by atoms with Crippen LogP contribution < -0.4 is 0 Å². The smallest absolute Gasteiger partial charge is 0.107 e. The van der Waals surface area contributed by atoms with E-state index in [1.807, 2.05) is 5.38 Å². The van der Waals surface area contributed by atoms with Gasteiger partial charge in [-0.05, 0) is 0 Å². The third-order valence-corrected chi connectivity index (χ3v) is 2.44. The van der Waals surface area contributed by atoms with Crippen molar-refractivity contribution in [1.82, 2.24) is 4.98 Å². The summed E-state index contributed by atoms with van der Waals surface area (Å²) >= 11 is 4.82. The molecule has 52 valence electrons. The zero-order valence-electron chi connectivity index (χ0n) is 5.17. The molecule has 0 saturated heterocycles. The van der Waals surface area contributed by atoms with E-state index in [1.165, 1.54) is 11.3 Å². The Morgan fingerprint density at radius 3 is 3.10 bits per heavy atom. The molecule has 0 N–H and O–H groups in total. The SMILES string of the molecule is N#CCc1nc(CBr)cs1. The molecular formula is C6H5BrN2S. The van der Waals surface area contributed by atoms with E-state index >= 15 is 0 Å². The zero-order valence-corrected chi connectivity index (χ0v) is 7.57. The van der Waals surface area contributed by atoms with Gasteiger partial charge in [0.2, 0.25) is 0 Å². The van der Waals surface area contributed by atoms with Crippen molar-refractivity contribution in [2.45, 2.75) is 11.8 Å². The lowest BCUT2D eigenvalue weighted by Crippen LogP contribution is -1.80. The highest BCUT2D eigenvalue weighted by Crippen LogP contribution is 2.11. The van der Waals surface area contributed by atoms with Crippen LogP contribution in [0.4, 0.5) is 0 Å². The van der Waals surface area contributed by atoms with Crippen LogP contribution in [-0.4, -0.2) is 4.98 Å². The molecule has 1 rings (SSSR count). The second-order valence-corrected chi connectivity index (χ2v) is 3.20. The molecule has 0 radical (unpaired) electrons. The lowest BCUT2D eigenvalue weighted by atomic mass is 10.5. The maximum absolute atomic E-state index is 8.31. The van der Waals surface area contributed by atoms with Gasteiger partial charge < -0.3 is 0 Å². The topological polar surface area (TPSA) is 36.7 Å². The van der Waals surface area contributed by atoms with Gasteiger partial charge in [-0.2, -0.15) is 5.26 Å². The molecule has 10 heavy (non-hydrogen) atoms. The molecule has 0 spiro atoms. The van der Waals surface area contributed by atoms with Crippen molar-refractivity contribution in [1.29, 1.82) is 5.26 Å². The molecule has 0 unspecified atom stereocenters. The quantitative estimate of drug-likeness (QED) is 0.711. The Morgan fingerprint density at radius 2 is 2.60 bits per heavy atom. The Bertz CT molecular complexity index is 250. The minimum Gasteiger partial charge on any atom is -0.244 e. The summed E-state index contributed by atoms with van der Waals surface area (Å²) in [5.74, 6) is 0. The first-order valence-electron chi connectivity index (χ1n) is 2.73. The highest BCUT2D eigenvalue weighted by atomic mass is 79.9. The molecule has 0 aliphatic heterocycles. The van der Waals surface area contributed by atoms with Crippen LogP contribution in [0.15, 0.2) is 5.38 Å². The Kier molecular flexibility index (Phi) is 2.84. The first-order valence-corrected chi connectivity index (χ1v) is 4.73. The van der Waals surface area contributed by atoms with E-state index < -0.39 is 0 Å². The van der Waals surface area contributed by atoms with Gasteiger partial charge in [0.1, 0.15) is 5.01 Å².